The highest BCUT2D eigenvalue weighted by Crippen LogP contribution is 2.58. The first-order chi connectivity index (χ1) is 13.8. The van der Waals surface area contributed by atoms with Crippen molar-refractivity contribution in [3.63, 3.8) is 0 Å². The van der Waals surface area contributed by atoms with Gasteiger partial charge in [0.15, 0.2) is 0 Å². The van der Waals surface area contributed by atoms with E-state index in [0.29, 0.717) is 4.68 Å². The lowest BCUT2D eigenvalue weighted by atomic mass is 10.0. The van der Waals surface area contributed by atoms with Gasteiger partial charge in [0.2, 0.25) is 0 Å². The van der Waals surface area contributed by atoms with Gasteiger partial charge in [-0.1, -0.05) is 0 Å². The monoisotopic (exact) mass is 422 g/mol. The van der Waals surface area contributed by atoms with Gasteiger partial charge >= 0.3 is 12.6 Å². The van der Waals surface area contributed by atoms with Crippen molar-refractivity contribution >= 4 is 21.6 Å². The number of nitrogens with two attached hydrogens (primary N) is 1. The number of hydrogen-bond acceptors (Lipinski definition) is 4. The standard InChI is InChI=1S/C18H20F2N6O2S/c19-16(20)26-9-10(8-22-26)29(21,28)25-17(27)24-14-11-2-1-3-13(11)23-15-12(14)4-5-18(15)6-7-18/h8-9,16H,1-7H2,(H3,21,23,24,25,27,28). The number of nitrogens with zero attached hydrogens (tertiary/aromatic N) is 4. The van der Waals surface area contributed by atoms with Gasteiger partial charge in [-0.2, -0.15) is 13.9 Å². The Morgan fingerprint density at radius 3 is 2.76 bits per heavy atom. The van der Waals surface area contributed by atoms with E-state index >= 15 is 0 Å². The molecule has 1 saturated carbocycles. The van der Waals surface area contributed by atoms with Gasteiger partial charge in [-0.15, -0.1) is 4.36 Å². The van der Waals surface area contributed by atoms with Crippen molar-refractivity contribution in [3.05, 3.63) is 34.9 Å². The van der Waals surface area contributed by atoms with Gasteiger partial charge in [-0.25, -0.2) is 18.8 Å². The van der Waals surface area contributed by atoms with E-state index < -0.39 is 22.5 Å². The van der Waals surface area contributed by atoms with E-state index in [1.54, 1.807) is 0 Å². The van der Waals surface area contributed by atoms with Gasteiger partial charge < -0.3 is 5.32 Å². The van der Waals surface area contributed by atoms with E-state index in [0.717, 1.165) is 85.5 Å². The van der Waals surface area contributed by atoms with Crippen LogP contribution in [0.4, 0.5) is 19.3 Å². The van der Waals surface area contributed by atoms with Gasteiger partial charge in [0.05, 0.1) is 17.6 Å². The molecule has 2 aromatic rings. The molecule has 2 amide bonds. The Hall–Kier alpha value is -2.40. The Balaban J connectivity index is 1.48. The lowest BCUT2D eigenvalue weighted by Gasteiger charge is -2.16. The number of rotatable bonds is 3. The summed E-state index contributed by atoms with van der Waals surface area (Å²) in [5.41, 5.74) is 5.03. The number of carbonyl (C=O) groups excluding carboxylic acids is 1. The van der Waals surface area contributed by atoms with Crippen LogP contribution in [0.15, 0.2) is 21.7 Å². The summed E-state index contributed by atoms with van der Waals surface area (Å²) in [6, 6.07) is -0.860. The summed E-state index contributed by atoms with van der Waals surface area (Å²) in [5.74, 6) is 0. The highest BCUT2D eigenvalue weighted by atomic mass is 32.2. The number of hydrogen-bond donors (Lipinski definition) is 2. The molecule has 29 heavy (non-hydrogen) atoms. The Morgan fingerprint density at radius 1 is 1.28 bits per heavy atom. The van der Waals surface area contributed by atoms with Crippen molar-refractivity contribution in [3.8, 4) is 0 Å². The van der Waals surface area contributed by atoms with Crippen LogP contribution in [0, 0.1) is 0 Å². The Kier molecular flexibility index (Phi) is 4.04. The highest BCUT2D eigenvalue weighted by molar-refractivity contribution is 7.91. The molecule has 1 unspecified atom stereocenters. The third-order valence-electron chi connectivity index (χ3n) is 6.10. The number of alkyl halides is 2. The number of urea groups is 1. The Labute approximate surface area is 166 Å². The third-order valence-corrected chi connectivity index (χ3v) is 7.42. The van der Waals surface area contributed by atoms with Crippen LogP contribution in [-0.4, -0.2) is 25.0 Å². The molecule has 11 heteroatoms. The van der Waals surface area contributed by atoms with E-state index in [1.807, 2.05) is 0 Å². The summed E-state index contributed by atoms with van der Waals surface area (Å²) in [6.07, 6.45) is 8.54. The van der Waals surface area contributed by atoms with Crippen LogP contribution in [0.3, 0.4) is 0 Å². The van der Waals surface area contributed by atoms with Crippen LogP contribution in [0.25, 0.3) is 0 Å². The molecule has 1 atom stereocenters. The average molecular weight is 422 g/mol. The zero-order chi connectivity index (χ0) is 20.4. The summed E-state index contributed by atoms with van der Waals surface area (Å²) in [7, 11) is -3.70. The van der Waals surface area contributed by atoms with Gasteiger partial charge in [-0.05, 0) is 56.1 Å². The van der Waals surface area contributed by atoms with Crippen LogP contribution in [0.1, 0.15) is 54.7 Å². The van der Waals surface area contributed by atoms with Crippen molar-refractivity contribution in [1.29, 1.82) is 0 Å². The largest absolute Gasteiger partial charge is 0.354 e. The number of pyridine rings is 1. The number of nitrogens with one attached hydrogen (secondary N) is 1. The minimum Gasteiger partial charge on any atom is -0.305 e. The average Bonchev–Trinajstić information content (AvgIpc) is 3.05. The molecule has 3 aliphatic rings. The first kappa shape index (κ1) is 18.6. The fourth-order valence-electron chi connectivity index (χ4n) is 4.46. The van der Waals surface area contributed by atoms with Gasteiger partial charge in [0.1, 0.15) is 14.8 Å². The second-order valence-electron chi connectivity index (χ2n) is 7.90. The van der Waals surface area contributed by atoms with Gasteiger partial charge in [0.25, 0.3) is 0 Å². The second kappa shape index (κ2) is 6.30. The normalized spacial score (nSPS) is 20.4. The molecule has 5 rings (SSSR count). The Morgan fingerprint density at radius 2 is 2.07 bits per heavy atom. The highest BCUT2D eigenvalue weighted by Gasteiger charge is 2.51. The summed E-state index contributed by atoms with van der Waals surface area (Å²) in [6.45, 7) is -2.90. The van der Waals surface area contributed by atoms with Crippen LogP contribution >= 0.6 is 0 Å². The molecule has 0 saturated heterocycles. The maximum Gasteiger partial charge on any atom is 0.354 e. The number of halogens is 2. The van der Waals surface area contributed by atoms with E-state index in [2.05, 4.69) is 14.8 Å². The molecule has 2 heterocycles. The predicted octanol–water partition coefficient (Wildman–Crippen LogP) is 3.07. The van der Waals surface area contributed by atoms with Gasteiger partial charge in [0, 0.05) is 17.3 Å². The molecule has 1 fully saturated rings. The molecule has 0 aliphatic heterocycles. The van der Waals surface area contributed by atoms with E-state index in [4.69, 9.17) is 10.1 Å². The molecule has 154 valence electrons. The molecule has 2 aromatic heterocycles. The quantitative estimate of drug-likeness (QED) is 0.791. The molecule has 1 spiro atoms. The van der Waals surface area contributed by atoms with Crippen molar-refractivity contribution in [2.24, 2.45) is 9.50 Å². The van der Waals surface area contributed by atoms with E-state index in [-0.39, 0.29) is 10.3 Å². The number of aryl methyl sites for hydroxylation is 1. The molecule has 0 aromatic carbocycles. The van der Waals surface area contributed by atoms with Crippen molar-refractivity contribution in [2.45, 2.75) is 61.8 Å². The zero-order valence-corrected chi connectivity index (χ0v) is 16.3. The molecule has 3 N–H and O–H groups in total. The molecule has 3 aliphatic carbocycles. The zero-order valence-electron chi connectivity index (χ0n) is 15.5. The van der Waals surface area contributed by atoms with Crippen LogP contribution in [0.5, 0.6) is 0 Å². The third kappa shape index (κ3) is 3.03. The maximum absolute atomic E-state index is 12.7. The van der Waals surface area contributed by atoms with E-state index in [1.165, 1.54) is 0 Å². The molecule has 0 bridgehead atoms. The Bertz CT molecular complexity index is 1150. The van der Waals surface area contributed by atoms with Crippen molar-refractivity contribution in [2.75, 3.05) is 5.32 Å². The minimum absolute atomic E-state index is 0.162. The summed E-state index contributed by atoms with van der Waals surface area (Å²) >= 11 is 0. The predicted molar refractivity (Wildman–Crippen MR) is 101 cm³/mol. The SMILES string of the molecule is NS(=O)(=NC(=O)Nc1c2c(nc3c1CCC31CC1)CCC2)c1cnn(C(F)F)c1. The minimum atomic E-state index is -3.70. The fraction of sp³-hybridized carbons (Fsp3) is 0.500. The van der Waals surface area contributed by atoms with Crippen LogP contribution < -0.4 is 10.5 Å². The molecular formula is C18H20F2N6O2S. The molecular weight excluding hydrogens is 402 g/mol. The maximum atomic E-state index is 12.7. The van der Waals surface area contributed by atoms with Gasteiger partial charge in [-0.3, -0.25) is 4.98 Å². The first-order valence-electron chi connectivity index (χ1n) is 9.52. The fourth-order valence-corrected chi connectivity index (χ4v) is 5.32. The van der Waals surface area contributed by atoms with Crippen LogP contribution in [0.2, 0.25) is 0 Å². The van der Waals surface area contributed by atoms with E-state index in [9.17, 15) is 17.8 Å². The summed E-state index contributed by atoms with van der Waals surface area (Å²) in [4.78, 5) is 17.3. The molecule has 8 nitrogen and oxygen atoms in total. The summed E-state index contributed by atoms with van der Waals surface area (Å²) < 4.78 is 41.9. The van der Waals surface area contributed by atoms with Crippen LogP contribution in [-0.2, 0) is 34.6 Å². The first-order valence-corrected chi connectivity index (χ1v) is 11.1. The van der Waals surface area contributed by atoms with Crippen molar-refractivity contribution < 1.29 is 17.8 Å². The number of fused-ring (bicyclic) bond motifs is 3. The molecule has 0 radical (unpaired) electrons. The summed E-state index contributed by atoms with van der Waals surface area (Å²) in [5, 5.41) is 11.9. The number of aromatic nitrogens is 3. The second-order valence-corrected chi connectivity index (χ2v) is 9.69. The smallest absolute Gasteiger partial charge is 0.305 e. The topological polar surface area (TPSA) is 115 Å². The number of anilines is 1. The number of carbonyl (C=O) groups is 1. The lowest BCUT2D eigenvalue weighted by Crippen LogP contribution is -2.19. The number of amides is 2. The lowest BCUT2D eigenvalue weighted by molar-refractivity contribution is 0.0564. The van der Waals surface area contributed by atoms with Crippen molar-refractivity contribution in [1.82, 2.24) is 14.8 Å².